The molecule has 2 amide bonds. The highest BCUT2D eigenvalue weighted by Crippen LogP contribution is 2.35. The Morgan fingerprint density at radius 2 is 1.74 bits per heavy atom. The van der Waals surface area contributed by atoms with E-state index in [9.17, 15) is 19.7 Å². The molecule has 1 heterocycles. The summed E-state index contributed by atoms with van der Waals surface area (Å²) in [6.45, 7) is 0.507. The van der Waals surface area contributed by atoms with Gasteiger partial charge in [-0.05, 0) is 65.9 Å². The van der Waals surface area contributed by atoms with Crippen LogP contribution >= 0.6 is 27.7 Å². The molecule has 1 aliphatic rings. The number of amides is 2. The van der Waals surface area contributed by atoms with E-state index in [0.29, 0.717) is 17.1 Å². The molecular formula is C25H19BrN2O6S. The van der Waals surface area contributed by atoms with Gasteiger partial charge in [0.2, 0.25) is 0 Å². The largest absolute Gasteiger partial charge is 0.492 e. The number of nitrogens with zero attached hydrogens (tertiary/aromatic N) is 2. The number of benzene rings is 3. The van der Waals surface area contributed by atoms with Crippen LogP contribution in [0.15, 0.2) is 82.2 Å². The molecule has 0 bridgehead atoms. The SMILES string of the molecule is O=C1S/C(=C\c2cc(Br)ccc2OCc2ccc([N+](=O)[O-])cc2)C(=O)N1CCOc1ccccc1. The molecule has 0 aromatic heterocycles. The minimum absolute atomic E-state index is 0.00275. The number of thioether (sulfide) groups is 1. The summed E-state index contributed by atoms with van der Waals surface area (Å²) in [5, 5.41) is 10.5. The molecule has 1 fully saturated rings. The van der Waals surface area contributed by atoms with Crippen molar-refractivity contribution in [3.05, 3.63) is 103 Å². The number of nitro groups is 1. The molecule has 0 radical (unpaired) electrons. The lowest BCUT2D eigenvalue weighted by Crippen LogP contribution is -2.32. The number of hydrogen-bond donors (Lipinski definition) is 0. The number of carbonyl (C=O) groups excluding carboxylic acids is 2. The minimum Gasteiger partial charge on any atom is -0.492 e. The lowest BCUT2D eigenvalue weighted by atomic mass is 10.1. The second-order valence-corrected chi connectivity index (χ2v) is 9.30. The van der Waals surface area contributed by atoms with Gasteiger partial charge in [-0.2, -0.15) is 0 Å². The molecule has 178 valence electrons. The number of nitro benzene ring substituents is 1. The molecule has 3 aromatic rings. The number of hydrogen-bond acceptors (Lipinski definition) is 7. The molecule has 35 heavy (non-hydrogen) atoms. The molecule has 8 nitrogen and oxygen atoms in total. The van der Waals surface area contributed by atoms with Crippen LogP contribution in [0.25, 0.3) is 6.08 Å². The normalized spacial score (nSPS) is 14.4. The number of non-ortho nitro benzene ring substituents is 1. The van der Waals surface area contributed by atoms with E-state index >= 15 is 0 Å². The van der Waals surface area contributed by atoms with E-state index in [2.05, 4.69) is 15.9 Å². The molecule has 0 unspecified atom stereocenters. The maximum Gasteiger partial charge on any atom is 0.293 e. The molecule has 0 spiro atoms. The van der Waals surface area contributed by atoms with E-state index in [-0.39, 0.29) is 35.6 Å². The van der Waals surface area contributed by atoms with Gasteiger partial charge in [0.1, 0.15) is 24.7 Å². The lowest BCUT2D eigenvalue weighted by Gasteiger charge is -2.13. The van der Waals surface area contributed by atoms with Crippen molar-refractivity contribution < 1.29 is 24.0 Å². The third-order valence-corrected chi connectivity index (χ3v) is 6.40. The average Bonchev–Trinajstić information content (AvgIpc) is 3.12. The first-order valence-electron chi connectivity index (χ1n) is 10.5. The molecule has 0 aliphatic carbocycles. The third kappa shape index (κ3) is 6.28. The third-order valence-electron chi connectivity index (χ3n) is 5.00. The first-order chi connectivity index (χ1) is 16.9. The number of rotatable bonds is 9. The first kappa shape index (κ1) is 24.5. The van der Waals surface area contributed by atoms with Crippen LogP contribution in [0.5, 0.6) is 11.5 Å². The summed E-state index contributed by atoms with van der Waals surface area (Å²) in [6, 6.07) is 20.6. The second-order valence-electron chi connectivity index (χ2n) is 7.39. The fourth-order valence-corrected chi connectivity index (χ4v) is 4.48. The quantitative estimate of drug-likeness (QED) is 0.180. The molecule has 0 atom stereocenters. The van der Waals surface area contributed by atoms with Crippen LogP contribution < -0.4 is 9.47 Å². The molecule has 1 aliphatic heterocycles. The van der Waals surface area contributed by atoms with Crippen LogP contribution in [0.3, 0.4) is 0 Å². The number of halogens is 1. The number of carbonyl (C=O) groups is 2. The van der Waals surface area contributed by atoms with E-state index < -0.39 is 10.8 Å². The van der Waals surface area contributed by atoms with Crippen LogP contribution in [-0.4, -0.2) is 34.1 Å². The molecule has 4 rings (SSSR count). The average molecular weight is 555 g/mol. The zero-order valence-electron chi connectivity index (χ0n) is 18.3. The topological polar surface area (TPSA) is 99.0 Å². The maximum absolute atomic E-state index is 12.9. The van der Waals surface area contributed by atoms with Gasteiger partial charge in [-0.3, -0.25) is 24.6 Å². The summed E-state index contributed by atoms with van der Waals surface area (Å²) in [5.74, 6) is 0.780. The van der Waals surface area contributed by atoms with Crippen molar-refractivity contribution in [3.63, 3.8) is 0 Å². The first-order valence-corrected chi connectivity index (χ1v) is 12.1. The number of para-hydroxylation sites is 1. The van der Waals surface area contributed by atoms with E-state index in [4.69, 9.17) is 9.47 Å². The van der Waals surface area contributed by atoms with Crippen LogP contribution in [-0.2, 0) is 11.4 Å². The van der Waals surface area contributed by atoms with E-state index in [1.807, 2.05) is 18.2 Å². The van der Waals surface area contributed by atoms with Crippen molar-refractivity contribution in [1.29, 1.82) is 0 Å². The summed E-state index contributed by atoms with van der Waals surface area (Å²) in [5.41, 5.74) is 1.37. The smallest absolute Gasteiger partial charge is 0.293 e. The monoisotopic (exact) mass is 554 g/mol. The molecular weight excluding hydrogens is 536 g/mol. The van der Waals surface area contributed by atoms with Crippen LogP contribution in [0.2, 0.25) is 0 Å². The van der Waals surface area contributed by atoms with Gasteiger partial charge in [-0.1, -0.05) is 34.1 Å². The zero-order valence-corrected chi connectivity index (χ0v) is 20.7. The fourth-order valence-electron chi connectivity index (χ4n) is 3.24. The van der Waals surface area contributed by atoms with Gasteiger partial charge in [0.15, 0.2) is 0 Å². The van der Waals surface area contributed by atoms with Crippen LogP contribution in [0.4, 0.5) is 10.5 Å². The minimum atomic E-state index is -0.460. The van der Waals surface area contributed by atoms with Crippen molar-refractivity contribution in [2.75, 3.05) is 13.2 Å². The van der Waals surface area contributed by atoms with Crippen molar-refractivity contribution in [3.8, 4) is 11.5 Å². The zero-order chi connectivity index (χ0) is 24.8. The van der Waals surface area contributed by atoms with Gasteiger partial charge in [0, 0.05) is 22.2 Å². The van der Waals surface area contributed by atoms with Gasteiger partial charge in [-0.25, -0.2) is 0 Å². The summed E-state index contributed by atoms with van der Waals surface area (Å²) in [4.78, 5) is 37.1. The Bertz CT molecular complexity index is 1280. The Morgan fingerprint density at radius 3 is 2.46 bits per heavy atom. The Balaban J connectivity index is 1.44. The molecule has 1 saturated heterocycles. The Labute approximate surface area is 213 Å². The molecule has 10 heteroatoms. The van der Waals surface area contributed by atoms with Gasteiger partial charge < -0.3 is 9.47 Å². The Hall–Kier alpha value is -3.63. The maximum atomic E-state index is 12.9. The second kappa shape index (κ2) is 11.2. The van der Waals surface area contributed by atoms with Crippen molar-refractivity contribution in [1.82, 2.24) is 4.90 Å². The summed E-state index contributed by atoms with van der Waals surface area (Å²) >= 11 is 4.29. The summed E-state index contributed by atoms with van der Waals surface area (Å²) < 4.78 is 12.3. The predicted molar refractivity (Wildman–Crippen MR) is 136 cm³/mol. The summed E-state index contributed by atoms with van der Waals surface area (Å²) in [7, 11) is 0. The van der Waals surface area contributed by atoms with Crippen LogP contribution in [0, 0.1) is 10.1 Å². The molecule has 0 N–H and O–H groups in total. The number of imide groups is 1. The highest BCUT2D eigenvalue weighted by Gasteiger charge is 2.35. The summed E-state index contributed by atoms with van der Waals surface area (Å²) in [6.07, 6.45) is 1.62. The lowest BCUT2D eigenvalue weighted by molar-refractivity contribution is -0.384. The standard InChI is InChI=1S/C25H19BrN2O6S/c26-19-8-11-22(34-16-17-6-9-20(10-7-17)28(31)32)18(14-19)15-23-24(29)27(25(30)35-23)12-13-33-21-4-2-1-3-5-21/h1-11,14-15H,12-13,16H2/b23-15-. The highest BCUT2D eigenvalue weighted by atomic mass is 79.9. The van der Waals surface area contributed by atoms with E-state index in [0.717, 1.165) is 26.7 Å². The van der Waals surface area contributed by atoms with E-state index in [1.165, 1.54) is 12.1 Å². The predicted octanol–water partition coefficient (Wildman–Crippen LogP) is 6.05. The Kier molecular flexibility index (Phi) is 7.84. The molecule has 0 saturated carbocycles. The van der Waals surface area contributed by atoms with E-state index in [1.54, 1.807) is 48.5 Å². The number of ether oxygens (including phenoxy) is 2. The van der Waals surface area contributed by atoms with Gasteiger partial charge in [0.05, 0.1) is 16.4 Å². The van der Waals surface area contributed by atoms with Crippen molar-refractivity contribution in [2.24, 2.45) is 0 Å². The van der Waals surface area contributed by atoms with Gasteiger partial charge in [0.25, 0.3) is 16.8 Å². The fraction of sp³-hybridized carbons (Fsp3) is 0.120. The molecule has 3 aromatic carbocycles. The van der Waals surface area contributed by atoms with Crippen molar-refractivity contribution >= 4 is 50.6 Å². The van der Waals surface area contributed by atoms with Crippen molar-refractivity contribution in [2.45, 2.75) is 6.61 Å². The van der Waals surface area contributed by atoms with Crippen LogP contribution in [0.1, 0.15) is 11.1 Å². The Morgan fingerprint density at radius 1 is 1.00 bits per heavy atom. The van der Waals surface area contributed by atoms with Gasteiger partial charge >= 0.3 is 0 Å². The van der Waals surface area contributed by atoms with Gasteiger partial charge in [-0.15, -0.1) is 0 Å². The highest BCUT2D eigenvalue weighted by molar-refractivity contribution is 9.10.